The van der Waals surface area contributed by atoms with Crippen LogP contribution in [0.1, 0.15) is 40.2 Å². The first-order valence-electron chi connectivity index (χ1n) is 5.77. The molecule has 0 saturated carbocycles. The molecule has 1 aromatic carbocycles. The zero-order valence-corrected chi connectivity index (χ0v) is 12.9. The van der Waals surface area contributed by atoms with Crippen LogP contribution in [0, 0.1) is 0 Å². The van der Waals surface area contributed by atoms with E-state index in [1.54, 1.807) is 12.1 Å². The molecule has 0 bridgehead atoms. The molecule has 5 heteroatoms. The topological polar surface area (TPSA) is 43.4 Å². The summed E-state index contributed by atoms with van der Waals surface area (Å²) in [5.41, 5.74) is 0.611. The molecule has 1 aromatic rings. The Morgan fingerprint density at radius 3 is 2.17 bits per heavy atom. The van der Waals surface area contributed by atoms with Gasteiger partial charge in [-0.05, 0) is 37.5 Å². The first-order valence-corrected chi connectivity index (χ1v) is 8.08. The number of ether oxygens (including phenoxy) is 1. The third kappa shape index (κ3) is 3.89. The molecule has 0 radical (unpaired) electrons. The van der Waals surface area contributed by atoms with Crippen molar-refractivity contribution in [3.05, 3.63) is 23.8 Å². The van der Waals surface area contributed by atoms with Gasteiger partial charge in [-0.25, -0.2) is 8.42 Å². The molecule has 3 nitrogen and oxygen atoms in total. The van der Waals surface area contributed by atoms with Crippen molar-refractivity contribution in [3.63, 3.8) is 0 Å². The molecule has 0 amide bonds. The van der Waals surface area contributed by atoms with Gasteiger partial charge in [0, 0.05) is 16.2 Å². The number of benzene rings is 1. The van der Waals surface area contributed by atoms with Gasteiger partial charge in [0.15, 0.2) is 0 Å². The van der Waals surface area contributed by atoms with Crippen LogP contribution < -0.4 is 4.74 Å². The van der Waals surface area contributed by atoms with E-state index in [-0.39, 0.29) is 16.4 Å². The van der Waals surface area contributed by atoms with Crippen LogP contribution in [0.4, 0.5) is 0 Å². The molecule has 0 aromatic heterocycles. The van der Waals surface area contributed by atoms with Crippen LogP contribution in [-0.2, 0) is 14.5 Å². The Morgan fingerprint density at radius 1 is 1.22 bits per heavy atom. The fourth-order valence-corrected chi connectivity index (χ4v) is 2.38. The van der Waals surface area contributed by atoms with Crippen LogP contribution in [-0.4, -0.2) is 14.5 Å². The van der Waals surface area contributed by atoms with Crippen LogP contribution in [0.2, 0.25) is 0 Å². The summed E-state index contributed by atoms with van der Waals surface area (Å²) in [7, 11) is 1.66. The quantitative estimate of drug-likeness (QED) is 0.797. The Bertz CT molecular complexity index is 528. The van der Waals surface area contributed by atoms with Crippen LogP contribution in [0.25, 0.3) is 0 Å². The Morgan fingerprint density at radius 2 is 1.78 bits per heavy atom. The number of halogens is 1. The molecule has 0 aliphatic heterocycles. The smallest absolute Gasteiger partial charge is 0.261 e. The SMILES string of the molecule is CC(C)Oc1ccc(S(=O)(=O)Cl)cc1C(C)(C)C. The molecular weight excluding hydrogens is 272 g/mol. The molecule has 0 spiro atoms. The van der Waals surface area contributed by atoms with E-state index in [0.29, 0.717) is 5.75 Å². The minimum atomic E-state index is -3.71. The van der Waals surface area contributed by atoms with Crippen LogP contribution in [0.15, 0.2) is 23.1 Å². The van der Waals surface area contributed by atoms with Crippen molar-refractivity contribution < 1.29 is 13.2 Å². The normalized spacial score (nSPS) is 12.8. The second-order valence-corrected chi connectivity index (χ2v) is 8.08. The Balaban J connectivity index is 3.39. The fourth-order valence-electron chi connectivity index (χ4n) is 1.60. The van der Waals surface area contributed by atoms with Crippen molar-refractivity contribution in [2.24, 2.45) is 0 Å². The third-order valence-corrected chi connectivity index (χ3v) is 3.75. The van der Waals surface area contributed by atoms with Gasteiger partial charge in [-0.2, -0.15) is 0 Å². The number of hydrogen-bond donors (Lipinski definition) is 0. The minimum Gasteiger partial charge on any atom is -0.491 e. The lowest BCUT2D eigenvalue weighted by Gasteiger charge is -2.24. The summed E-state index contributed by atoms with van der Waals surface area (Å²) in [6.07, 6.45) is 0.0320. The molecule has 0 saturated heterocycles. The van der Waals surface area contributed by atoms with Gasteiger partial charge in [0.1, 0.15) is 5.75 Å². The molecule has 0 aliphatic carbocycles. The zero-order valence-electron chi connectivity index (χ0n) is 11.3. The lowest BCUT2D eigenvalue weighted by Crippen LogP contribution is -2.16. The highest BCUT2D eigenvalue weighted by Crippen LogP contribution is 2.34. The Kier molecular flexibility index (Phi) is 4.34. The summed E-state index contributed by atoms with van der Waals surface area (Å²) in [6.45, 7) is 9.86. The van der Waals surface area contributed by atoms with Crippen molar-refractivity contribution >= 4 is 19.7 Å². The van der Waals surface area contributed by atoms with E-state index in [1.165, 1.54) is 6.07 Å². The molecule has 0 fully saturated rings. The zero-order chi connectivity index (χ0) is 14.1. The van der Waals surface area contributed by atoms with Gasteiger partial charge in [0.25, 0.3) is 9.05 Å². The maximum atomic E-state index is 11.4. The molecule has 0 unspecified atom stereocenters. The van der Waals surface area contributed by atoms with E-state index in [2.05, 4.69) is 0 Å². The molecule has 0 N–H and O–H groups in total. The monoisotopic (exact) mass is 290 g/mol. The maximum absolute atomic E-state index is 11.4. The first-order chi connectivity index (χ1) is 8.01. The van der Waals surface area contributed by atoms with Crippen LogP contribution >= 0.6 is 10.7 Å². The Hall–Kier alpha value is -0.740. The number of hydrogen-bond acceptors (Lipinski definition) is 3. The molecule has 0 heterocycles. The molecule has 0 atom stereocenters. The highest BCUT2D eigenvalue weighted by Gasteiger charge is 2.22. The van der Waals surface area contributed by atoms with Crippen LogP contribution in [0.3, 0.4) is 0 Å². The predicted octanol–water partition coefficient (Wildman–Crippen LogP) is 3.70. The van der Waals surface area contributed by atoms with Crippen LogP contribution in [0.5, 0.6) is 5.75 Å². The van der Waals surface area contributed by atoms with Gasteiger partial charge in [-0.1, -0.05) is 20.8 Å². The first kappa shape index (κ1) is 15.3. The summed E-state index contributed by atoms with van der Waals surface area (Å²) in [4.78, 5) is 0.102. The van der Waals surface area contributed by atoms with Gasteiger partial charge >= 0.3 is 0 Å². The van der Waals surface area contributed by atoms with Gasteiger partial charge in [-0.3, -0.25) is 0 Å². The van der Waals surface area contributed by atoms with Crippen molar-refractivity contribution in [1.29, 1.82) is 0 Å². The maximum Gasteiger partial charge on any atom is 0.261 e. The summed E-state index contributed by atoms with van der Waals surface area (Å²) in [5, 5.41) is 0. The van der Waals surface area contributed by atoms with Gasteiger partial charge in [0.05, 0.1) is 11.0 Å². The van der Waals surface area contributed by atoms with E-state index in [0.717, 1.165) is 5.56 Å². The lowest BCUT2D eigenvalue weighted by molar-refractivity contribution is 0.236. The highest BCUT2D eigenvalue weighted by atomic mass is 35.7. The second-order valence-electron chi connectivity index (χ2n) is 5.51. The van der Waals surface area contributed by atoms with Crippen molar-refractivity contribution in [1.82, 2.24) is 0 Å². The van der Waals surface area contributed by atoms with Crippen molar-refractivity contribution in [2.45, 2.75) is 51.0 Å². The lowest BCUT2D eigenvalue weighted by atomic mass is 9.86. The molecule has 18 heavy (non-hydrogen) atoms. The molecular formula is C13H19ClO3S. The van der Waals surface area contributed by atoms with E-state index >= 15 is 0 Å². The number of rotatable bonds is 3. The predicted molar refractivity (Wildman–Crippen MR) is 73.9 cm³/mol. The van der Waals surface area contributed by atoms with E-state index < -0.39 is 9.05 Å². The Labute approximate surface area is 114 Å². The molecule has 0 aliphatic rings. The summed E-state index contributed by atoms with van der Waals surface area (Å²) in [5.74, 6) is 0.696. The molecule has 102 valence electrons. The summed E-state index contributed by atoms with van der Waals surface area (Å²) in [6, 6.07) is 4.71. The highest BCUT2D eigenvalue weighted by molar-refractivity contribution is 8.13. The van der Waals surface area contributed by atoms with Crippen molar-refractivity contribution in [3.8, 4) is 5.75 Å². The average molecular weight is 291 g/mol. The average Bonchev–Trinajstić information content (AvgIpc) is 2.13. The van der Waals surface area contributed by atoms with Gasteiger partial charge in [0.2, 0.25) is 0 Å². The van der Waals surface area contributed by atoms with Gasteiger partial charge in [-0.15, -0.1) is 0 Å². The van der Waals surface area contributed by atoms with Gasteiger partial charge < -0.3 is 4.74 Å². The third-order valence-electron chi connectivity index (χ3n) is 2.40. The summed E-state index contributed by atoms with van der Waals surface area (Å²) < 4.78 is 28.4. The van der Waals surface area contributed by atoms with Crippen molar-refractivity contribution in [2.75, 3.05) is 0 Å². The standard InChI is InChI=1S/C13H19ClO3S/c1-9(2)17-12-7-6-10(18(14,15)16)8-11(12)13(3,4)5/h6-9H,1-5H3. The second kappa shape index (κ2) is 5.10. The van der Waals surface area contributed by atoms with E-state index in [1.807, 2.05) is 34.6 Å². The molecule has 1 rings (SSSR count). The van der Waals surface area contributed by atoms with E-state index in [4.69, 9.17) is 15.4 Å². The largest absolute Gasteiger partial charge is 0.491 e. The fraction of sp³-hybridized carbons (Fsp3) is 0.538. The summed E-state index contributed by atoms with van der Waals surface area (Å²) >= 11 is 0. The van der Waals surface area contributed by atoms with E-state index in [9.17, 15) is 8.42 Å². The minimum absolute atomic E-state index is 0.0320.